The first-order valence-electron chi connectivity index (χ1n) is 11.6. The lowest BCUT2D eigenvalue weighted by Crippen LogP contribution is -2.42. The largest absolute Gasteiger partial charge is 0.497 e. The average Bonchev–Trinajstić information content (AvgIpc) is 3.15. The number of benzene rings is 1. The van der Waals surface area contributed by atoms with Gasteiger partial charge in [-0.3, -0.25) is 0 Å². The summed E-state index contributed by atoms with van der Waals surface area (Å²) in [5, 5.41) is 24.1. The quantitative estimate of drug-likeness (QED) is 0.314. The van der Waals surface area contributed by atoms with Gasteiger partial charge in [0.2, 0.25) is 5.95 Å². The SMILES string of the molecule is C=C(C)OC(=O)N(C(=O)OC(C)(C)C)c1nc(Cl)c2c(CC(O)CO)nn(Cc3ccc(OC)cc3)c2n1. The number of halogens is 1. The zero-order valence-corrected chi connectivity index (χ0v) is 22.5. The summed E-state index contributed by atoms with van der Waals surface area (Å²) in [5.41, 5.74) is 0.371. The first kappa shape index (κ1) is 28.8. The van der Waals surface area contributed by atoms with E-state index in [4.69, 9.17) is 25.8 Å². The Hall–Kier alpha value is -3.74. The Morgan fingerprint density at radius 1 is 1.18 bits per heavy atom. The zero-order valence-electron chi connectivity index (χ0n) is 21.8. The van der Waals surface area contributed by atoms with Crippen molar-refractivity contribution in [2.75, 3.05) is 18.6 Å². The van der Waals surface area contributed by atoms with E-state index in [-0.39, 0.29) is 34.9 Å². The number of hydrogen-bond acceptors (Lipinski definition) is 10. The number of aliphatic hydroxyl groups excluding tert-OH is 2. The molecule has 0 fully saturated rings. The van der Waals surface area contributed by atoms with Crippen LogP contribution in [0.4, 0.5) is 15.5 Å². The molecular weight excluding hydrogens is 518 g/mol. The topological polar surface area (TPSA) is 149 Å². The third-order valence-corrected chi connectivity index (χ3v) is 5.23. The van der Waals surface area contributed by atoms with E-state index in [9.17, 15) is 19.8 Å². The van der Waals surface area contributed by atoms with Crippen molar-refractivity contribution in [3.05, 3.63) is 53.0 Å². The van der Waals surface area contributed by atoms with Crippen molar-refractivity contribution in [1.82, 2.24) is 19.7 Å². The van der Waals surface area contributed by atoms with Gasteiger partial charge in [-0.15, -0.1) is 4.90 Å². The molecule has 0 aliphatic rings. The number of allylic oxidation sites excluding steroid dienone is 1. The molecule has 13 heteroatoms. The van der Waals surface area contributed by atoms with Crippen molar-refractivity contribution >= 4 is 40.8 Å². The van der Waals surface area contributed by atoms with Crippen LogP contribution in [0.15, 0.2) is 36.6 Å². The summed E-state index contributed by atoms with van der Waals surface area (Å²) in [5.74, 6) is 0.288. The number of nitrogens with zero attached hydrogens (tertiary/aromatic N) is 5. The van der Waals surface area contributed by atoms with E-state index in [1.54, 1.807) is 40.0 Å². The van der Waals surface area contributed by atoms with Crippen LogP contribution in [-0.2, 0) is 22.4 Å². The van der Waals surface area contributed by atoms with Crippen LogP contribution in [0, 0.1) is 0 Å². The van der Waals surface area contributed by atoms with Gasteiger partial charge in [0.25, 0.3) is 0 Å². The molecule has 0 radical (unpaired) electrons. The molecule has 3 aromatic rings. The number of imide groups is 1. The van der Waals surface area contributed by atoms with E-state index in [0.717, 1.165) is 5.56 Å². The smallest absolute Gasteiger partial charge is 0.431 e. The minimum absolute atomic E-state index is 0.0283. The number of aliphatic hydroxyl groups is 2. The van der Waals surface area contributed by atoms with Crippen molar-refractivity contribution in [3.63, 3.8) is 0 Å². The third kappa shape index (κ3) is 6.97. The number of methoxy groups -OCH3 is 1. The molecule has 2 aromatic heterocycles. The minimum atomic E-state index is -1.14. The number of ether oxygens (including phenoxy) is 3. The Morgan fingerprint density at radius 2 is 1.84 bits per heavy atom. The third-order valence-electron chi connectivity index (χ3n) is 4.96. The highest BCUT2D eigenvalue weighted by Gasteiger charge is 2.34. The molecule has 0 spiro atoms. The summed E-state index contributed by atoms with van der Waals surface area (Å²) in [7, 11) is 1.56. The molecule has 0 saturated heterocycles. The molecule has 0 aliphatic heterocycles. The second-order valence-corrected chi connectivity index (χ2v) is 9.75. The fraction of sp³-hybridized carbons (Fsp3) is 0.400. The van der Waals surface area contributed by atoms with Crippen LogP contribution in [0.5, 0.6) is 5.75 Å². The van der Waals surface area contributed by atoms with Gasteiger partial charge < -0.3 is 24.4 Å². The lowest BCUT2D eigenvalue weighted by atomic mass is 10.1. The van der Waals surface area contributed by atoms with E-state index in [1.807, 2.05) is 12.1 Å². The van der Waals surface area contributed by atoms with Gasteiger partial charge >= 0.3 is 12.2 Å². The molecule has 1 atom stereocenters. The van der Waals surface area contributed by atoms with E-state index in [2.05, 4.69) is 21.6 Å². The van der Waals surface area contributed by atoms with E-state index in [0.29, 0.717) is 16.3 Å². The predicted molar refractivity (Wildman–Crippen MR) is 139 cm³/mol. The van der Waals surface area contributed by atoms with Crippen molar-refractivity contribution in [3.8, 4) is 5.75 Å². The predicted octanol–water partition coefficient (Wildman–Crippen LogP) is 3.84. The number of carbonyl (C=O) groups excluding carboxylic acids is 2. The number of carbonyl (C=O) groups is 2. The highest BCUT2D eigenvalue weighted by atomic mass is 35.5. The van der Waals surface area contributed by atoms with E-state index < -0.39 is 36.4 Å². The lowest BCUT2D eigenvalue weighted by Gasteiger charge is -2.24. The molecular formula is C25H30ClN5O7. The lowest BCUT2D eigenvalue weighted by molar-refractivity contribution is 0.0575. The summed E-state index contributed by atoms with van der Waals surface area (Å²) >= 11 is 6.53. The Balaban J connectivity index is 2.18. The van der Waals surface area contributed by atoms with Gasteiger partial charge in [0, 0.05) is 6.42 Å². The molecule has 204 valence electrons. The Kier molecular flexibility index (Phi) is 8.92. The summed E-state index contributed by atoms with van der Waals surface area (Å²) in [4.78, 5) is 35.0. The molecule has 38 heavy (non-hydrogen) atoms. The minimum Gasteiger partial charge on any atom is -0.497 e. The molecule has 0 saturated carbocycles. The van der Waals surface area contributed by atoms with E-state index in [1.165, 1.54) is 11.6 Å². The molecule has 0 aliphatic carbocycles. The van der Waals surface area contributed by atoms with Gasteiger partial charge in [-0.2, -0.15) is 15.1 Å². The average molecular weight is 548 g/mol. The van der Waals surface area contributed by atoms with Crippen LogP contribution < -0.4 is 9.64 Å². The normalized spacial score (nSPS) is 12.2. The van der Waals surface area contributed by atoms with Gasteiger partial charge in [-0.1, -0.05) is 30.3 Å². The number of amides is 2. The van der Waals surface area contributed by atoms with Gasteiger partial charge in [-0.05, 0) is 45.4 Å². The summed E-state index contributed by atoms with van der Waals surface area (Å²) in [6, 6.07) is 7.22. The number of rotatable bonds is 8. The maximum atomic E-state index is 13.0. The van der Waals surface area contributed by atoms with Crippen molar-refractivity contribution in [2.24, 2.45) is 0 Å². The highest BCUT2D eigenvalue weighted by Crippen LogP contribution is 2.29. The monoisotopic (exact) mass is 547 g/mol. The Bertz CT molecular complexity index is 1330. The fourth-order valence-electron chi connectivity index (χ4n) is 3.37. The maximum absolute atomic E-state index is 13.0. The molecule has 2 heterocycles. The fourth-order valence-corrected chi connectivity index (χ4v) is 3.64. The molecule has 1 aromatic carbocycles. The van der Waals surface area contributed by atoms with Crippen LogP contribution in [0.2, 0.25) is 5.15 Å². The number of anilines is 1. The van der Waals surface area contributed by atoms with Crippen LogP contribution in [-0.4, -0.2) is 67.6 Å². The van der Waals surface area contributed by atoms with Gasteiger partial charge in [-0.25, -0.2) is 14.3 Å². The van der Waals surface area contributed by atoms with Crippen LogP contribution in [0.3, 0.4) is 0 Å². The van der Waals surface area contributed by atoms with Gasteiger partial charge in [0.15, 0.2) is 5.65 Å². The summed E-state index contributed by atoms with van der Waals surface area (Å²) in [6.45, 7) is 9.58. The van der Waals surface area contributed by atoms with Crippen molar-refractivity contribution < 1.29 is 34.0 Å². The number of hydrogen-bond donors (Lipinski definition) is 2. The van der Waals surface area contributed by atoms with Crippen LogP contribution in [0.1, 0.15) is 39.0 Å². The summed E-state index contributed by atoms with van der Waals surface area (Å²) < 4.78 is 17.1. The standard InChI is InChI=1S/C25H30ClN5O7/c1-14(2)37-23(34)31(24(35)38-25(3,4)5)22-27-20(26)19-18(11-16(33)13-32)29-30(21(19)28-22)12-15-7-9-17(36-6)10-8-15/h7-10,16,32-33H,1,11-13H2,2-6H3. The van der Waals surface area contributed by atoms with Crippen LogP contribution >= 0.6 is 11.6 Å². The molecule has 12 nitrogen and oxygen atoms in total. The second-order valence-electron chi connectivity index (χ2n) is 9.39. The van der Waals surface area contributed by atoms with Crippen LogP contribution in [0.25, 0.3) is 11.0 Å². The number of fused-ring (bicyclic) bond motifs is 1. The van der Waals surface area contributed by atoms with Crippen molar-refractivity contribution in [1.29, 1.82) is 0 Å². The van der Waals surface area contributed by atoms with Gasteiger partial charge in [0.05, 0.1) is 43.2 Å². The molecule has 3 rings (SSSR count). The zero-order chi connectivity index (χ0) is 28.2. The maximum Gasteiger partial charge on any atom is 0.431 e. The van der Waals surface area contributed by atoms with Gasteiger partial charge in [0.1, 0.15) is 16.5 Å². The Morgan fingerprint density at radius 3 is 2.39 bits per heavy atom. The first-order chi connectivity index (χ1) is 17.8. The highest BCUT2D eigenvalue weighted by molar-refractivity contribution is 6.34. The molecule has 2 amide bonds. The number of aromatic nitrogens is 4. The molecule has 0 bridgehead atoms. The first-order valence-corrected chi connectivity index (χ1v) is 12.0. The van der Waals surface area contributed by atoms with Crippen molar-refractivity contribution in [2.45, 2.75) is 52.4 Å². The van der Waals surface area contributed by atoms with E-state index >= 15 is 0 Å². The molecule has 1 unspecified atom stereocenters. The molecule has 2 N–H and O–H groups in total. The summed E-state index contributed by atoms with van der Waals surface area (Å²) in [6.07, 6.45) is -3.38. The second kappa shape index (κ2) is 11.8. The Labute approximate surface area is 224 Å².